The Morgan fingerprint density at radius 1 is 1.29 bits per heavy atom. The van der Waals surface area contributed by atoms with Crippen LogP contribution in [0.5, 0.6) is 11.6 Å². The van der Waals surface area contributed by atoms with E-state index >= 15 is 0 Å². The largest absolute Gasteiger partial charge is 0.436 e. The Kier molecular flexibility index (Phi) is 5.15. The first-order chi connectivity index (χ1) is 9.95. The van der Waals surface area contributed by atoms with Gasteiger partial charge in [0.2, 0.25) is 5.88 Å². The zero-order valence-electron chi connectivity index (χ0n) is 12.3. The second-order valence-corrected chi connectivity index (χ2v) is 5.56. The van der Waals surface area contributed by atoms with Crippen LogP contribution < -0.4 is 10.1 Å². The maximum atomic E-state index is 13.7. The summed E-state index contributed by atoms with van der Waals surface area (Å²) in [7, 11) is 0. The lowest BCUT2D eigenvalue weighted by Gasteiger charge is -2.11. The lowest BCUT2D eigenvalue weighted by molar-refractivity contribution is 0.424. The third-order valence-corrected chi connectivity index (χ3v) is 3.22. The molecule has 112 valence electrons. The molecule has 0 saturated carbocycles. The average molecular weight is 309 g/mol. The molecule has 0 aliphatic carbocycles. The topological polar surface area (TPSA) is 34.1 Å². The molecule has 0 radical (unpaired) electrons. The van der Waals surface area contributed by atoms with E-state index in [1.807, 2.05) is 20.8 Å². The minimum atomic E-state index is -0.417. The van der Waals surface area contributed by atoms with Crippen LogP contribution in [0.3, 0.4) is 0 Å². The van der Waals surface area contributed by atoms with E-state index in [4.69, 9.17) is 16.3 Å². The Morgan fingerprint density at radius 3 is 2.76 bits per heavy atom. The molecule has 0 atom stereocenters. The molecular formula is C16H18ClFN2O. The average Bonchev–Trinajstić information content (AvgIpc) is 2.43. The molecular weight excluding hydrogens is 291 g/mol. The molecule has 3 nitrogen and oxygen atoms in total. The predicted molar refractivity (Wildman–Crippen MR) is 82.4 cm³/mol. The van der Waals surface area contributed by atoms with Gasteiger partial charge >= 0.3 is 0 Å². The van der Waals surface area contributed by atoms with Crippen LogP contribution >= 0.6 is 11.6 Å². The number of hydrogen-bond donors (Lipinski definition) is 1. The third kappa shape index (κ3) is 4.41. The second-order valence-electron chi connectivity index (χ2n) is 5.15. The Morgan fingerprint density at radius 2 is 2.05 bits per heavy atom. The van der Waals surface area contributed by atoms with Gasteiger partial charge in [-0.2, -0.15) is 0 Å². The van der Waals surface area contributed by atoms with Crippen LogP contribution in [0.25, 0.3) is 0 Å². The number of aromatic nitrogens is 1. The number of hydrogen-bond acceptors (Lipinski definition) is 3. The van der Waals surface area contributed by atoms with Crippen LogP contribution in [0.4, 0.5) is 4.39 Å². The van der Waals surface area contributed by atoms with Gasteiger partial charge in [-0.1, -0.05) is 31.5 Å². The first kappa shape index (κ1) is 15.7. The number of nitrogens with zero attached hydrogens (tertiary/aromatic N) is 1. The van der Waals surface area contributed by atoms with Crippen molar-refractivity contribution < 1.29 is 9.13 Å². The lowest BCUT2D eigenvalue weighted by Crippen LogP contribution is -2.22. The smallest absolute Gasteiger partial charge is 0.219 e. The quantitative estimate of drug-likeness (QED) is 0.884. The van der Waals surface area contributed by atoms with Gasteiger partial charge in [-0.15, -0.1) is 0 Å². The van der Waals surface area contributed by atoms with E-state index in [2.05, 4.69) is 10.3 Å². The van der Waals surface area contributed by atoms with Crippen molar-refractivity contribution in [2.75, 3.05) is 0 Å². The van der Waals surface area contributed by atoms with Crippen molar-refractivity contribution in [3.8, 4) is 11.6 Å². The fraction of sp³-hybridized carbons (Fsp3) is 0.312. The highest BCUT2D eigenvalue weighted by atomic mass is 35.5. The first-order valence-electron chi connectivity index (χ1n) is 6.78. The minimum Gasteiger partial charge on any atom is -0.436 e. The number of nitrogens with one attached hydrogen (secondary N) is 1. The summed E-state index contributed by atoms with van der Waals surface area (Å²) < 4.78 is 19.2. The molecule has 1 N–H and O–H groups in total. The molecule has 0 saturated heterocycles. The summed E-state index contributed by atoms with van der Waals surface area (Å²) in [6.45, 7) is 6.48. The van der Waals surface area contributed by atoms with Gasteiger partial charge in [0.1, 0.15) is 0 Å². The summed E-state index contributed by atoms with van der Waals surface area (Å²) in [4.78, 5) is 4.33. The molecule has 2 rings (SSSR count). The summed E-state index contributed by atoms with van der Waals surface area (Å²) >= 11 is 6.11. The third-order valence-electron chi connectivity index (χ3n) is 2.87. The fourth-order valence-electron chi connectivity index (χ4n) is 1.75. The highest BCUT2D eigenvalue weighted by Crippen LogP contribution is 2.26. The first-order valence-corrected chi connectivity index (χ1v) is 7.16. The molecule has 2 aromatic rings. The van der Waals surface area contributed by atoms with Gasteiger partial charge in [0, 0.05) is 18.7 Å². The van der Waals surface area contributed by atoms with E-state index in [0.29, 0.717) is 29.2 Å². The molecule has 0 amide bonds. The Labute approximate surface area is 129 Å². The molecule has 0 aliphatic rings. The maximum absolute atomic E-state index is 13.7. The number of aryl methyl sites for hydroxylation is 1. The Bertz CT molecular complexity index is 632. The Hall–Kier alpha value is -1.65. The van der Waals surface area contributed by atoms with E-state index in [1.165, 1.54) is 6.07 Å². The summed E-state index contributed by atoms with van der Waals surface area (Å²) in [5.41, 5.74) is 1.60. The molecule has 21 heavy (non-hydrogen) atoms. The van der Waals surface area contributed by atoms with E-state index in [-0.39, 0.29) is 5.75 Å². The summed E-state index contributed by atoms with van der Waals surface area (Å²) in [5, 5.41) is 3.79. The van der Waals surface area contributed by atoms with Gasteiger partial charge in [-0.05, 0) is 30.7 Å². The van der Waals surface area contributed by atoms with Gasteiger partial charge in [0.15, 0.2) is 11.6 Å². The van der Waals surface area contributed by atoms with Crippen molar-refractivity contribution in [1.29, 1.82) is 0 Å². The Balaban J connectivity index is 2.20. The van der Waals surface area contributed by atoms with Crippen LogP contribution in [0.1, 0.15) is 25.1 Å². The van der Waals surface area contributed by atoms with Gasteiger partial charge < -0.3 is 10.1 Å². The summed E-state index contributed by atoms with van der Waals surface area (Å²) in [5.74, 6) is 0.0660. The lowest BCUT2D eigenvalue weighted by atomic mass is 10.2. The van der Waals surface area contributed by atoms with Crippen molar-refractivity contribution in [3.63, 3.8) is 0 Å². The van der Waals surface area contributed by atoms with Crippen LogP contribution in [-0.4, -0.2) is 11.0 Å². The van der Waals surface area contributed by atoms with Gasteiger partial charge in [0.05, 0.1) is 10.7 Å². The normalized spacial score (nSPS) is 11.0. The van der Waals surface area contributed by atoms with Crippen molar-refractivity contribution in [3.05, 3.63) is 52.4 Å². The molecule has 0 unspecified atom stereocenters. The minimum absolute atomic E-state index is 0.160. The highest BCUT2D eigenvalue weighted by Gasteiger charge is 2.09. The van der Waals surface area contributed by atoms with Crippen molar-refractivity contribution in [2.24, 2.45) is 0 Å². The molecule has 0 bridgehead atoms. The SMILES string of the molecule is Cc1ccc(F)c(Oc2ccc(Cl)c(CNC(C)C)n2)c1. The predicted octanol–water partition coefficient (Wildman–Crippen LogP) is 4.47. The number of halogens is 2. The fourth-order valence-corrected chi connectivity index (χ4v) is 1.92. The van der Waals surface area contributed by atoms with Crippen LogP contribution in [-0.2, 0) is 6.54 Å². The molecule has 5 heteroatoms. The van der Waals surface area contributed by atoms with Crippen molar-refractivity contribution in [1.82, 2.24) is 10.3 Å². The zero-order valence-corrected chi connectivity index (χ0v) is 13.0. The van der Waals surface area contributed by atoms with Gasteiger partial charge in [-0.3, -0.25) is 0 Å². The standard InChI is InChI=1S/C16H18ClFN2O/c1-10(2)19-9-14-12(17)5-7-16(20-14)21-15-8-11(3)4-6-13(15)18/h4-8,10,19H,9H2,1-3H3. The molecule has 1 aromatic carbocycles. The molecule has 1 aromatic heterocycles. The second kappa shape index (κ2) is 6.87. The van der Waals surface area contributed by atoms with E-state index in [0.717, 1.165) is 5.56 Å². The molecule has 0 spiro atoms. The van der Waals surface area contributed by atoms with Crippen molar-refractivity contribution in [2.45, 2.75) is 33.4 Å². The number of benzene rings is 1. The zero-order chi connectivity index (χ0) is 15.4. The summed E-state index contributed by atoms with van der Waals surface area (Å²) in [6.07, 6.45) is 0. The molecule has 0 aliphatic heterocycles. The number of ether oxygens (including phenoxy) is 1. The van der Waals surface area contributed by atoms with E-state index < -0.39 is 5.82 Å². The molecule has 1 heterocycles. The van der Waals surface area contributed by atoms with E-state index in [1.54, 1.807) is 24.3 Å². The van der Waals surface area contributed by atoms with Gasteiger partial charge in [0.25, 0.3) is 0 Å². The monoisotopic (exact) mass is 308 g/mol. The van der Waals surface area contributed by atoms with Crippen LogP contribution in [0.2, 0.25) is 5.02 Å². The van der Waals surface area contributed by atoms with Crippen LogP contribution in [0.15, 0.2) is 30.3 Å². The van der Waals surface area contributed by atoms with Gasteiger partial charge in [-0.25, -0.2) is 9.37 Å². The number of pyridine rings is 1. The maximum Gasteiger partial charge on any atom is 0.219 e. The summed E-state index contributed by atoms with van der Waals surface area (Å²) in [6, 6.07) is 8.36. The highest BCUT2D eigenvalue weighted by molar-refractivity contribution is 6.31. The molecule has 0 fully saturated rings. The van der Waals surface area contributed by atoms with Crippen LogP contribution in [0, 0.1) is 12.7 Å². The van der Waals surface area contributed by atoms with Crippen molar-refractivity contribution >= 4 is 11.6 Å². The number of rotatable bonds is 5. The van der Waals surface area contributed by atoms with E-state index in [9.17, 15) is 4.39 Å².